The number of benzene rings is 1. The van der Waals surface area contributed by atoms with E-state index in [4.69, 9.17) is 11.6 Å². The van der Waals surface area contributed by atoms with E-state index in [0.717, 1.165) is 16.1 Å². The summed E-state index contributed by atoms with van der Waals surface area (Å²) in [5, 5.41) is 3.14. The van der Waals surface area contributed by atoms with Crippen LogP contribution in [-0.2, 0) is 0 Å². The maximum Gasteiger partial charge on any atom is 0.0507 e. The minimum Gasteiger partial charge on any atom is -0.260 e. The first kappa shape index (κ1) is 9.47. The predicted octanol–water partition coefficient (Wildman–Crippen LogP) is 4.01. The summed E-state index contributed by atoms with van der Waals surface area (Å²) in [7, 11) is 0. The molecule has 2 rings (SSSR count). The average Bonchev–Trinajstić information content (AvgIpc) is 2.16. The zero-order valence-corrected chi connectivity index (χ0v) is 9.05. The lowest BCUT2D eigenvalue weighted by Crippen LogP contribution is -1.93. The fourth-order valence-electron chi connectivity index (χ4n) is 1.63. The summed E-state index contributed by atoms with van der Waals surface area (Å²) in [5.74, 6) is 0.444. The topological polar surface area (TPSA) is 12.9 Å². The van der Waals surface area contributed by atoms with Crippen LogP contribution in [0.3, 0.4) is 0 Å². The molecule has 0 aliphatic carbocycles. The van der Waals surface area contributed by atoms with Crippen LogP contribution in [0, 0.1) is 0 Å². The highest BCUT2D eigenvalue weighted by Gasteiger charge is 2.05. The lowest BCUT2D eigenvalue weighted by Gasteiger charge is -2.08. The Kier molecular flexibility index (Phi) is 2.42. The number of halogens is 1. The smallest absolute Gasteiger partial charge is 0.0507 e. The number of rotatable bonds is 1. The minimum absolute atomic E-state index is 0.444. The van der Waals surface area contributed by atoms with Crippen molar-refractivity contribution in [1.29, 1.82) is 0 Å². The Morgan fingerprint density at radius 3 is 2.71 bits per heavy atom. The van der Waals surface area contributed by atoms with Crippen molar-refractivity contribution in [3.05, 3.63) is 41.2 Å². The molecule has 0 fully saturated rings. The molecule has 14 heavy (non-hydrogen) atoms. The minimum atomic E-state index is 0.444. The molecule has 1 aromatic heterocycles. The van der Waals surface area contributed by atoms with Gasteiger partial charge < -0.3 is 0 Å². The van der Waals surface area contributed by atoms with Crippen LogP contribution < -0.4 is 0 Å². The molecule has 0 bridgehead atoms. The highest BCUT2D eigenvalue weighted by Crippen LogP contribution is 2.25. The van der Waals surface area contributed by atoms with Gasteiger partial charge in [-0.3, -0.25) is 4.98 Å². The second-order valence-electron chi connectivity index (χ2n) is 3.72. The molecule has 0 radical (unpaired) electrons. The number of hydrogen-bond donors (Lipinski definition) is 0. The number of hydrogen-bond acceptors (Lipinski definition) is 1. The van der Waals surface area contributed by atoms with E-state index in [9.17, 15) is 0 Å². The normalized spacial score (nSPS) is 11.1. The third kappa shape index (κ3) is 1.60. The highest BCUT2D eigenvalue weighted by molar-refractivity contribution is 6.31. The van der Waals surface area contributed by atoms with E-state index in [2.05, 4.69) is 18.8 Å². The maximum absolute atomic E-state index is 5.93. The van der Waals surface area contributed by atoms with Crippen LogP contribution in [0.4, 0.5) is 0 Å². The third-order valence-electron chi connectivity index (χ3n) is 2.30. The zero-order valence-electron chi connectivity index (χ0n) is 8.29. The Hall–Kier alpha value is -1.08. The van der Waals surface area contributed by atoms with Gasteiger partial charge in [0.1, 0.15) is 0 Å². The van der Waals surface area contributed by atoms with E-state index < -0.39 is 0 Å². The molecule has 0 unspecified atom stereocenters. The first-order valence-corrected chi connectivity index (χ1v) is 5.10. The predicted molar refractivity (Wildman–Crippen MR) is 60.8 cm³/mol. The van der Waals surface area contributed by atoms with E-state index >= 15 is 0 Å². The van der Waals surface area contributed by atoms with Crippen LogP contribution in [0.2, 0.25) is 5.02 Å². The summed E-state index contributed by atoms with van der Waals surface area (Å²) in [5.41, 5.74) is 1.14. The molecule has 0 spiro atoms. The number of fused-ring (bicyclic) bond motifs is 1. The van der Waals surface area contributed by atoms with Crippen molar-refractivity contribution in [2.45, 2.75) is 19.8 Å². The summed E-state index contributed by atoms with van der Waals surface area (Å²) in [4.78, 5) is 4.39. The van der Waals surface area contributed by atoms with Gasteiger partial charge >= 0.3 is 0 Å². The van der Waals surface area contributed by atoms with Gasteiger partial charge in [0.2, 0.25) is 0 Å². The molecule has 1 heterocycles. The van der Waals surface area contributed by atoms with Crippen molar-refractivity contribution < 1.29 is 0 Å². The summed E-state index contributed by atoms with van der Waals surface area (Å²) in [6.45, 7) is 4.30. The van der Waals surface area contributed by atoms with Crippen molar-refractivity contribution in [1.82, 2.24) is 4.98 Å². The van der Waals surface area contributed by atoms with Crippen molar-refractivity contribution in [3.63, 3.8) is 0 Å². The van der Waals surface area contributed by atoms with Crippen LogP contribution in [-0.4, -0.2) is 4.98 Å². The van der Waals surface area contributed by atoms with E-state index in [0.29, 0.717) is 5.92 Å². The SMILES string of the molecule is CC(C)c1nccc2cc(Cl)ccc12. The quantitative estimate of drug-likeness (QED) is 0.686. The molecule has 0 N–H and O–H groups in total. The van der Waals surface area contributed by atoms with Gasteiger partial charge in [0.15, 0.2) is 0 Å². The first-order valence-electron chi connectivity index (χ1n) is 4.72. The van der Waals surface area contributed by atoms with Crippen molar-refractivity contribution in [2.24, 2.45) is 0 Å². The lowest BCUT2D eigenvalue weighted by molar-refractivity contribution is 0.834. The van der Waals surface area contributed by atoms with Gasteiger partial charge in [0.05, 0.1) is 5.69 Å². The van der Waals surface area contributed by atoms with E-state index in [-0.39, 0.29) is 0 Å². The Balaban J connectivity index is 2.75. The summed E-state index contributed by atoms with van der Waals surface area (Å²) in [6, 6.07) is 7.93. The third-order valence-corrected chi connectivity index (χ3v) is 2.54. The maximum atomic E-state index is 5.93. The van der Waals surface area contributed by atoms with Crippen LogP contribution in [0.15, 0.2) is 30.5 Å². The molecule has 0 saturated carbocycles. The van der Waals surface area contributed by atoms with Gasteiger partial charge in [-0.25, -0.2) is 0 Å². The van der Waals surface area contributed by atoms with Crippen molar-refractivity contribution in [2.75, 3.05) is 0 Å². The second kappa shape index (κ2) is 3.58. The van der Waals surface area contributed by atoms with Crippen LogP contribution in [0.1, 0.15) is 25.5 Å². The molecular formula is C12H12ClN. The van der Waals surface area contributed by atoms with E-state index in [1.54, 1.807) is 0 Å². The molecule has 1 aromatic carbocycles. The van der Waals surface area contributed by atoms with Gasteiger partial charge in [0, 0.05) is 16.6 Å². The Bertz CT molecular complexity index is 463. The summed E-state index contributed by atoms with van der Waals surface area (Å²) in [6.07, 6.45) is 1.84. The zero-order chi connectivity index (χ0) is 10.1. The Morgan fingerprint density at radius 2 is 2.00 bits per heavy atom. The van der Waals surface area contributed by atoms with Crippen molar-refractivity contribution in [3.8, 4) is 0 Å². The Labute approximate surface area is 88.7 Å². The molecular weight excluding hydrogens is 194 g/mol. The largest absolute Gasteiger partial charge is 0.260 e. The molecule has 0 amide bonds. The monoisotopic (exact) mass is 205 g/mol. The first-order chi connectivity index (χ1) is 6.68. The standard InChI is InChI=1S/C12H12ClN/c1-8(2)12-11-4-3-10(13)7-9(11)5-6-14-12/h3-8H,1-2H3. The average molecular weight is 206 g/mol. The fourth-order valence-corrected chi connectivity index (χ4v) is 1.81. The van der Waals surface area contributed by atoms with Crippen LogP contribution in [0.25, 0.3) is 10.8 Å². The van der Waals surface area contributed by atoms with Gasteiger partial charge in [-0.15, -0.1) is 0 Å². The molecule has 72 valence electrons. The number of aromatic nitrogens is 1. The van der Waals surface area contributed by atoms with Crippen LogP contribution >= 0.6 is 11.6 Å². The summed E-state index contributed by atoms with van der Waals surface area (Å²) >= 11 is 5.93. The number of pyridine rings is 1. The molecule has 0 atom stereocenters. The van der Waals surface area contributed by atoms with Crippen molar-refractivity contribution >= 4 is 22.4 Å². The summed E-state index contributed by atoms with van der Waals surface area (Å²) < 4.78 is 0. The molecule has 2 heteroatoms. The number of nitrogens with zero attached hydrogens (tertiary/aromatic N) is 1. The molecule has 0 saturated heterocycles. The second-order valence-corrected chi connectivity index (χ2v) is 4.15. The Morgan fingerprint density at radius 1 is 1.21 bits per heavy atom. The van der Waals surface area contributed by atoms with Gasteiger partial charge in [-0.05, 0) is 29.5 Å². The molecule has 0 aliphatic rings. The van der Waals surface area contributed by atoms with Gasteiger partial charge in [-0.2, -0.15) is 0 Å². The molecule has 2 aromatic rings. The highest BCUT2D eigenvalue weighted by atomic mass is 35.5. The lowest BCUT2D eigenvalue weighted by atomic mass is 10.0. The fraction of sp³-hybridized carbons (Fsp3) is 0.250. The van der Waals surface area contributed by atoms with Crippen LogP contribution in [0.5, 0.6) is 0 Å². The molecule has 0 aliphatic heterocycles. The van der Waals surface area contributed by atoms with E-state index in [1.165, 1.54) is 5.39 Å². The van der Waals surface area contributed by atoms with Gasteiger partial charge in [0.25, 0.3) is 0 Å². The molecule has 1 nitrogen and oxygen atoms in total. The van der Waals surface area contributed by atoms with E-state index in [1.807, 2.05) is 30.5 Å². The van der Waals surface area contributed by atoms with Gasteiger partial charge in [-0.1, -0.05) is 31.5 Å².